The fourth-order valence-electron chi connectivity index (χ4n) is 3.85. The van der Waals surface area contributed by atoms with Gasteiger partial charge >= 0.3 is 0 Å². The van der Waals surface area contributed by atoms with Crippen molar-refractivity contribution in [3.63, 3.8) is 0 Å². The summed E-state index contributed by atoms with van der Waals surface area (Å²) in [5.74, 6) is 1.56. The summed E-state index contributed by atoms with van der Waals surface area (Å²) in [4.78, 5) is 13.6. The van der Waals surface area contributed by atoms with Crippen LogP contribution in [0.5, 0.6) is 0 Å². The molecule has 0 unspecified atom stereocenters. The Morgan fingerprint density at radius 1 is 1.00 bits per heavy atom. The number of fused-ring (bicyclic) bond motifs is 3. The van der Waals surface area contributed by atoms with Gasteiger partial charge in [-0.25, -0.2) is 9.97 Å². The van der Waals surface area contributed by atoms with Gasteiger partial charge in [0.2, 0.25) is 0 Å². The van der Waals surface area contributed by atoms with Crippen molar-refractivity contribution in [1.82, 2.24) is 19.5 Å². The third kappa shape index (κ3) is 4.44. The minimum absolute atomic E-state index is 0.498. The summed E-state index contributed by atoms with van der Waals surface area (Å²) in [6.07, 6.45) is 8.84. The number of hydrogen-bond donors (Lipinski definition) is 1. The van der Waals surface area contributed by atoms with Crippen LogP contribution in [0.15, 0.2) is 48.8 Å². The Morgan fingerprint density at radius 3 is 2.73 bits per heavy atom. The van der Waals surface area contributed by atoms with Crippen LogP contribution in [-0.2, 0) is 24.1 Å². The zero-order valence-corrected chi connectivity index (χ0v) is 17.6. The molecule has 0 aliphatic carbocycles. The fraction of sp³-hybridized carbons (Fsp3) is 0.375. The van der Waals surface area contributed by atoms with Gasteiger partial charge in [-0.15, -0.1) is 0 Å². The average molecular weight is 404 g/mol. The molecule has 4 aromatic rings. The Hall–Kier alpha value is -2.99. The van der Waals surface area contributed by atoms with E-state index in [-0.39, 0.29) is 0 Å². The number of rotatable bonds is 10. The number of unbranched alkanes of at least 4 members (excludes halogenated alkanes) is 1. The Bertz CT molecular complexity index is 1110. The number of benzene rings is 1. The maximum Gasteiger partial charge on any atom is 0.152 e. The predicted octanol–water partition coefficient (Wildman–Crippen LogP) is 4.55. The molecule has 0 fully saturated rings. The van der Waals surface area contributed by atoms with Gasteiger partial charge in [-0.3, -0.25) is 4.98 Å². The molecule has 6 heteroatoms. The van der Waals surface area contributed by atoms with Crippen molar-refractivity contribution >= 4 is 27.8 Å². The van der Waals surface area contributed by atoms with Gasteiger partial charge in [0.1, 0.15) is 11.3 Å². The van der Waals surface area contributed by atoms with Crippen molar-refractivity contribution in [3.8, 4) is 0 Å². The van der Waals surface area contributed by atoms with Crippen LogP contribution in [0, 0.1) is 0 Å². The van der Waals surface area contributed by atoms with Gasteiger partial charge in [0.05, 0.1) is 17.6 Å². The molecule has 30 heavy (non-hydrogen) atoms. The summed E-state index contributed by atoms with van der Waals surface area (Å²) in [6, 6.07) is 12.2. The van der Waals surface area contributed by atoms with E-state index in [1.807, 2.05) is 30.5 Å². The van der Waals surface area contributed by atoms with Gasteiger partial charge in [0, 0.05) is 37.4 Å². The number of nitrogens with zero attached hydrogens (tertiary/aromatic N) is 4. The van der Waals surface area contributed by atoms with Gasteiger partial charge in [-0.1, -0.05) is 37.6 Å². The molecule has 0 radical (unpaired) electrons. The summed E-state index contributed by atoms with van der Waals surface area (Å²) in [6.45, 7) is 4.34. The summed E-state index contributed by atoms with van der Waals surface area (Å²) < 4.78 is 8.25. The second kappa shape index (κ2) is 9.67. The summed E-state index contributed by atoms with van der Waals surface area (Å²) in [5, 5.41) is 1.09. The quantitative estimate of drug-likeness (QED) is 0.393. The number of ether oxygens (including phenoxy) is 1. The zero-order valence-electron chi connectivity index (χ0n) is 17.6. The standard InChI is InChI=1S/C24H29N5O/c1-2-3-12-21-28-22-23(19-10-4-5-11-20(19)27-24(22)25)29(21)14-16-30-15-7-9-18-8-6-13-26-17-18/h4-6,8,10-11,13,17H,2-3,7,9,12,14-16H2,1H3,(H2,25,27). The molecule has 0 saturated heterocycles. The first-order valence-corrected chi connectivity index (χ1v) is 10.8. The summed E-state index contributed by atoms with van der Waals surface area (Å²) >= 11 is 0. The van der Waals surface area contributed by atoms with Crippen molar-refractivity contribution in [2.45, 2.75) is 45.6 Å². The Balaban J connectivity index is 1.49. The lowest BCUT2D eigenvalue weighted by atomic mass is 10.2. The largest absolute Gasteiger partial charge is 0.382 e. The van der Waals surface area contributed by atoms with E-state index in [4.69, 9.17) is 15.5 Å². The molecule has 0 amide bonds. The predicted molar refractivity (Wildman–Crippen MR) is 121 cm³/mol. The molecule has 0 bridgehead atoms. The highest BCUT2D eigenvalue weighted by molar-refractivity contribution is 6.06. The first-order valence-electron chi connectivity index (χ1n) is 10.8. The average Bonchev–Trinajstić information content (AvgIpc) is 3.15. The first-order chi connectivity index (χ1) is 14.8. The normalized spacial score (nSPS) is 11.5. The van der Waals surface area contributed by atoms with E-state index >= 15 is 0 Å². The third-order valence-electron chi connectivity index (χ3n) is 5.38. The molecule has 0 aliphatic rings. The molecule has 1 aromatic carbocycles. The van der Waals surface area contributed by atoms with E-state index in [0.717, 1.165) is 73.0 Å². The smallest absolute Gasteiger partial charge is 0.152 e. The molecule has 3 heterocycles. The fourth-order valence-corrected chi connectivity index (χ4v) is 3.85. The van der Waals surface area contributed by atoms with Crippen molar-refractivity contribution in [2.75, 3.05) is 18.9 Å². The maximum absolute atomic E-state index is 6.26. The van der Waals surface area contributed by atoms with Crippen LogP contribution in [0.3, 0.4) is 0 Å². The first kappa shape index (κ1) is 20.3. The zero-order chi connectivity index (χ0) is 20.8. The Morgan fingerprint density at radius 2 is 1.90 bits per heavy atom. The highest BCUT2D eigenvalue weighted by atomic mass is 16.5. The molecule has 0 aliphatic heterocycles. The minimum atomic E-state index is 0.498. The van der Waals surface area contributed by atoms with E-state index in [9.17, 15) is 0 Å². The van der Waals surface area contributed by atoms with E-state index in [1.165, 1.54) is 5.56 Å². The second-order valence-corrected chi connectivity index (χ2v) is 7.57. The molecule has 4 rings (SSSR count). The lowest BCUT2D eigenvalue weighted by Gasteiger charge is -2.11. The maximum atomic E-state index is 6.26. The lowest BCUT2D eigenvalue weighted by Crippen LogP contribution is -2.11. The van der Waals surface area contributed by atoms with Gasteiger partial charge < -0.3 is 15.0 Å². The van der Waals surface area contributed by atoms with Crippen molar-refractivity contribution < 1.29 is 4.74 Å². The Labute approximate surface area is 177 Å². The van der Waals surface area contributed by atoms with Crippen LogP contribution in [0.1, 0.15) is 37.6 Å². The van der Waals surface area contributed by atoms with Crippen molar-refractivity contribution in [2.24, 2.45) is 0 Å². The monoisotopic (exact) mass is 403 g/mol. The number of hydrogen-bond acceptors (Lipinski definition) is 5. The topological polar surface area (TPSA) is 78.8 Å². The number of nitrogens with two attached hydrogens (primary N) is 1. The number of imidazole rings is 1. The van der Waals surface area contributed by atoms with E-state index < -0.39 is 0 Å². The molecule has 0 saturated carbocycles. The van der Waals surface area contributed by atoms with Gasteiger partial charge in [0.25, 0.3) is 0 Å². The molecule has 3 aromatic heterocycles. The third-order valence-corrected chi connectivity index (χ3v) is 5.38. The van der Waals surface area contributed by atoms with Crippen LogP contribution in [0.2, 0.25) is 0 Å². The van der Waals surface area contributed by atoms with Crippen LogP contribution >= 0.6 is 0 Å². The molecule has 2 N–H and O–H groups in total. The lowest BCUT2D eigenvalue weighted by molar-refractivity contribution is 0.124. The number of aryl methyl sites for hydroxylation is 2. The molecular weight excluding hydrogens is 374 g/mol. The number of para-hydroxylation sites is 1. The number of nitrogen functional groups attached to an aromatic ring is 1. The van der Waals surface area contributed by atoms with Crippen molar-refractivity contribution in [1.29, 1.82) is 0 Å². The highest BCUT2D eigenvalue weighted by Crippen LogP contribution is 2.29. The molecular formula is C24H29N5O. The van der Waals surface area contributed by atoms with Gasteiger partial charge in [-0.05, 0) is 37.0 Å². The van der Waals surface area contributed by atoms with Crippen LogP contribution < -0.4 is 5.73 Å². The van der Waals surface area contributed by atoms with E-state index in [2.05, 4.69) is 33.6 Å². The van der Waals surface area contributed by atoms with Gasteiger partial charge in [0.15, 0.2) is 5.82 Å². The van der Waals surface area contributed by atoms with E-state index in [0.29, 0.717) is 12.4 Å². The Kier molecular flexibility index (Phi) is 6.54. The summed E-state index contributed by atoms with van der Waals surface area (Å²) in [5.41, 5.74) is 10.3. The van der Waals surface area contributed by atoms with Crippen LogP contribution in [-0.4, -0.2) is 32.7 Å². The van der Waals surface area contributed by atoms with Crippen molar-refractivity contribution in [3.05, 3.63) is 60.2 Å². The van der Waals surface area contributed by atoms with E-state index in [1.54, 1.807) is 6.20 Å². The second-order valence-electron chi connectivity index (χ2n) is 7.57. The van der Waals surface area contributed by atoms with Gasteiger partial charge in [-0.2, -0.15) is 0 Å². The molecule has 0 atom stereocenters. The number of pyridine rings is 2. The van der Waals surface area contributed by atoms with Crippen LogP contribution in [0.25, 0.3) is 21.9 Å². The molecule has 6 nitrogen and oxygen atoms in total. The highest BCUT2D eigenvalue weighted by Gasteiger charge is 2.16. The summed E-state index contributed by atoms with van der Waals surface area (Å²) in [7, 11) is 0. The minimum Gasteiger partial charge on any atom is -0.382 e. The molecule has 0 spiro atoms. The number of aromatic nitrogens is 4. The number of anilines is 1. The molecule has 156 valence electrons. The van der Waals surface area contributed by atoms with Crippen LogP contribution in [0.4, 0.5) is 5.82 Å². The SMILES string of the molecule is CCCCc1nc2c(N)nc3ccccc3c2n1CCOCCCc1cccnc1.